The number of thioether (sulfide) groups is 1. The number of aryl methyl sites for hydroxylation is 1. The van der Waals surface area contributed by atoms with Gasteiger partial charge < -0.3 is 5.73 Å². The summed E-state index contributed by atoms with van der Waals surface area (Å²) in [5.41, 5.74) is 6.56. The van der Waals surface area contributed by atoms with Gasteiger partial charge in [0.1, 0.15) is 11.7 Å². The second kappa shape index (κ2) is 7.10. The zero-order chi connectivity index (χ0) is 14.5. The highest BCUT2D eigenvalue weighted by molar-refractivity contribution is 8.01. The molecular weight excluding hydrogens is 308 g/mol. The van der Waals surface area contributed by atoms with Gasteiger partial charge in [-0.1, -0.05) is 31.7 Å². The maximum atomic E-state index is 7.82. The summed E-state index contributed by atoms with van der Waals surface area (Å²) in [5.74, 6) is 1.91. The van der Waals surface area contributed by atoms with Crippen molar-refractivity contribution in [3.8, 4) is 0 Å². The Morgan fingerprint density at radius 3 is 2.70 bits per heavy atom. The minimum atomic E-state index is 0.101. The van der Waals surface area contributed by atoms with E-state index in [1.807, 2.05) is 25.1 Å². The molecule has 0 spiro atoms. The third-order valence-electron chi connectivity index (χ3n) is 2.52. The lowest BCUT2D eigenvalue weighted by Gasteiger charge is -2.11. The standard InChI is InChI=1S/C13H16N4S3/c1-3-10-16-13(20-17-10)19-9-7-5-6-8(18-4-2)11(9)12(14)15/h5-7H,3-4H2,1-2H3,(H3,14,15). The highest BCUT2D eigenvalue weighted by atomic mass is 32.2. The molecule has 0 unspecified atom stereocenters. The van der Waals surface area contributed by atoms with Crippen molar-refractivity contribution in [3.63, 3.8) is 0 Å². The van der Waals surface area contributed by atoms with E-state index >= 15 is 0 Å². The van der Waals surface area contributed by atoms with Crippen molar-refractivity contribution in [1.82, 2.24) is 9.36 Å². The molecule has 1 aromatic carbocycles. The molecule has 106 valence electrons. The van der Waals surface area contributed by atoms with Gasteiger partial charge in [0.25, 0.3) is 0 Å². The van der Waals surface area contributed by atoms with Crippen LogP contribution in [0.5, 0.6) is 0 Å². The van der Waals surface area contributed by atoms with E-state index in [2.05, 4.69) is 16.3 Å². The van der Waals surface area contributed by atoms with Crippen molar-refractivity contribution in [3.05, 3.63) is 29.6 Å². The predicted octanol–water partition coefficient (Wildman–Crippen LogP) is 3.65. The molecule has 0 aliphatic rings. The first-order valence-electron chi connectivity index (χ1n) is 6.26. The Bertz CT molecular complexity index is 609. The molecule has 0 saturated heterocycles. The van der Waals surface area contributed by atoms with E-state index in [-0.39, 0.29) is 5.84 Å². The van der Waals surface area contributed by atoms with Crippen LogP contribution >= 0.6 is 35.1 Å². The van der Waals surface area contributed by atoms with E-state index < -0.39 is 0 Å². The SMILES string of the molecule is CCSc1cccc(Sc2nc(CC)ns2)c1C(=N)N. The van der Waals surface area contributed by atoms with Gasteiger partial charge in [-0.25, -0.2) is 4.98 Å². The number of hydrogen-bond acceptors (Lipinski definition) is 6. The van der Waals surface area contributed by atoms with Gasteiger partial charge in [-0.3, -0.25) is 5.41 Å². The molecule has 3 N–H and O–H groups in total. The summed E-state index contributed by atoms with van der Waals surface area (Å²) in [4.78, 5) is 6.47. The Kier molecular flexibility index (Phi) is 5.45. The van der Waals surface area contributed by atoms with Crippen molar-refractivity contribution >= 4 is 40.9 Å². The second-order valence-corrected chi connectivity index (χ2v) is 7.25. The zero-order valence-electron chi connectivity index (χ0n) is 11.3. The number of amidine groups is 1. The molecule has 2 rings (SSSR count). The quantitative estimate of drug-likeness (QED) is 0.482. The van der Waals surface area contributed by atoms with E-state index in [4.69, 9.17) is 11.1 Å². The van der Waals surface area contributed by atoms with Gasteiger partial charge in [-0.05, 0) is 29.4 Å². The third kappa shape index (κ3) is 3.53. The summed E-state index contributed by atoms with van der Waals surface area (Å²) in [6.07, 6.45) is 0.836. The van der Waals surface area contributed by atoms with Gasteiger partial charge in [0.2, 0.25) is 0 Å². The number of nitrogens with zero attached hydrogens (tertiary/aromatic N) is 2. The van der Waals surface area contributed by atoms with Crippen LogP contribution in [0.2, 0.25) is 0 Å². The fourth-order valence-electron chi connectivity index (χ4n) is 1.65. The molecule has 0 amide bonds. The molecule has 1 heterocycles. The average molecular weight is 324 g/mol. The molecule has 4 nitrogen and oxygen atoms in total. The highest BCUT2D eigenvalue weighted by Crippen LogP contribution is 2.35. The van der Waals surface area contributed by atoms with E-state index in [9.17, 15) is 0 Å². The molecule has 0 atom stereocenters. The first-order chi connectivity index (χ1) is 9.65. The summed E-state index contributed by atoms with van der Waals surface area (Å²) in [6.45, 7) is 4.13. The lowest BCUT2D eigenvalue weighted by Crippen LogP contribution is -2.13. The van der Waals surface area contributed by atoms with Crippen molar-refractivity contribution in [2.75, 3.05) is 5.75 Å². The minimum Gasteiger partial charge on any atom is -0.384 e. The first kappa shape index (κ1) is 15.3. The fraction of sp³-hybridized carbons (Fsp3) is 0.308. The van der Waals surface area contributed by atoms with Crippen molar-refractivity contribution < 1.29 is 0 Å². The van der Waals surface area contributed by atoms with Crippen LogP contribution in [0.4, 0.5) is 0 Å². The number of nitrogens with one attached hydrogen (secondary N) is 1. The maximum absolute atomic E-state index is 7.82. The molecular formula is C13H16N4S3. The fourth-order valence-corrected chi connectivity index (χ4v) is 4.41. The van der Waals surface area contributed by atoms with Crippen LogP contribution in [0.15, 0.2) is 32.3 Å². The van der Waals surface area contributed by atoms with Gasteiger partial charge in [-0.2, -0.15) is 4.37 Å². The van der Waals surface area contributed by atoms with Crippen LogP contribution < -0.4 is 5.73 Å². The van der Waals surface area contributed by atoms with Crippen molar-refractivity contribution in [2.45, 2.75) is 34.4 Å². The summed E-state index contributed by atoms with van der Waals surface area (Å²) in [7, 11) is 0. The smallest absolute Gasteiger partial charge is 0.174 e. The molecule has 0 bridgehead atoms. The third-order valence-corrected chi connectivity index (χ3v) is 5.31. The first-order valence-corrected chi connectivity index (χ1v) is 8.83. The van der Waals surface area contributed by atoms with Crippen LogP contribution in [-0.4, -0.2) is 20.9 Å². The lowest BCUT2D eigenvalue weighted by atomic mass is 10.2. The van der Waals surface area contributed by atoms with Crippen molar-refractivity contribution in [2.24, 2.45) is 5.73 Å². The summed E-state index contributed by atoms with van der Waals surface area (Å²) >= 11 is 4.62. The van der Waals surface area contributed by atoms with Gasteiger partial charge in [-0.15, -0.1) is 11.8 Å². The number of benzene rings is 1. The van der Waals surface area contributed by atoms with E-state index in [0.29, 0.717) is 0 Å². The summed E-state index contributed by atoms with van der Waals surface area (Å²) in [6, 6.07) is 5.98. The molecule has 7 heteroatoms. The highest BCUT2D eigenvalue weighted by Gasteiger charge is 2.14. The molecule has 0 radical (unpaired) electrons. The van der Waals surface area contributed by atoms with Crippen LogP contribution in [-0.2, 0) is 6.42 Å². The zero-order valence-corrected chi connectivity index (χ0v) is 13.8. The minimum absolute atomic E-state index is 0.101. The molecule has 20 heavy (non-hydrogen) atoms. The van der Waals surface area contributed by atoms with Gasteiger partial charge >= 0.3 is 0 Å². The molecule has 0 aliphatic carbocycles. The molecule has 0 fully saturated rings. The molecule has 0 saturated carbocycles. The van der Waals surface area contributed by atoms with Crippen molar-refractivity contribution in [1.29, 1.82) is 5.41 Å². The Morgan fingerprint density at radius 2 is 2.10 bits per heavy atom. The second-order valence-electron chi connectivity index (χ2n) is 3.91. The lowest BCUT2D eigenvalue weighted by molar-refractivity contribution is 0.971. The molecule has 0 aliphatic heterocycles. The predicted molar refractivity (Wildman–Crippen MR) is 87.3 cm³/mol. The Balaban J connectivity index is 2.35. The number of rotatable bonds is 6. The summed E-state index contributed by atoms with van der Waals surface area (Å²) in [5, 5.41) is 7.82. The Morgan fingerprint density at radius 1 is 1.35 bits per heavy atom. The Labute approximate surface area is 131 Å². The number of hydrogen-bond donors (Lipinski definition) is 2. The normalized spacial score (nSPS) is 10.7. The van der Waals surface area contributed by atoms with Gasteiger partial charge in [0.05, 0.1) is 0 Å². The van der Waals surface area contributed by atoms with Crippen LogP contribution in [0, 0.1) is 5.41 Å². The van der Waals surface area contributed by atoms with E-state index in [1.165, 1.54) is 23.3 Å². The van der Waals surface area contributed by atoms with Crippen LogP contribution in [0.1, 0.15) is 25.2 Å². The number of nitrogens with two attached hydrogens (primary N) is 1. The largest absolute Gasteiger partial charge is 0.384 e. The van der Waals surface area contributed by atoms with E-state index in [1.54, 1.807) is 11.8 Å². The topological polar surface area (TPSA) is 75.7 Å². The van der Waals surface area contributed by atoms with Gasteiger partial charge in [0.15, 0.2) is 4.34 Å². The monoisotopic (exact) mass is 324 g/mol. The number of nitrogen functional groups attached to an aromatic ring is 1. The Hall–Kier alpha value is -1.05. The van der Waals surface area contributed by atoms with Crippen LogP contribution in [0.25, 0.3) is 0 Å². The number of aromatic nitrogens is 2. The van der Waals surface area contributed by atoms with Gasteiger partial charge in [0, 0.05) is 21.8 Å². The average Bonchev–Trinajstić information content (AvgIpc) is 2.86. The van der Waals surface area contributed by atoms with E-state index in [0.717, 1.165) is 37.7 Å². The van der Waals surface area contributed by atoms with Crippen LogP contribution in [0.3, 0.4) is 0 Å². The maximum Gasteiger partial charge on any atom is 0.174 e. The molecule has 1 aromatic heterocycles. The summed E-state index contributed by atoms with van der Waals surface area (Å²) < 4.78 is 5.18. The molecule has 2 aromatic rings.